The molecule has 1 unspecified atom stereocenters. The van der Waals surface area contributed by atoms with Crippen LogP contribution in [0.15, 0.2) is 23.6 Å². The summed E-state index contributed by atoms with van der Waals surface area (Å²) in [4.78, 5) is 27.0. The molecule has 2 aliphatic heterocycles. The number of amides is 1. The smallest absolute Gasteiger partial charge is 0.475 e. The number of carbonyl (C=O) groups is 2. The molecule has 0 radical (unpaired) electrons. The van der Waals surface area contributed by atoms with E-state index in [4.69, 9.17) is 14.6 Å². The van der Waals surface area contributed by atoms with Gasteiger partial charge in [0.25, 0.3) is 0 Å². The van der Waals surface area contributed by atoms with Gasteiger partial charge in [0.2, 0.25) is 5.91 Å². The average molecular weight is 463 g/mol. The first kappa shape index (κ1) is 25.4. The van der Waals surface area contributed by atoms with Crippen molar-refractivity contribution in [3.05, 3.63) is 28.5 Å². The summed E-state index contributed by atoms with van der Waals surface area (Å²) in [5, 5.41) is 9.16. The van der Waals surface area contributed by atoms with Gasteiger partial charge in [-0.1, -0.05) is 6.07 Å². The lowest BCUT2D eigenvalue weighted by atomic mass is 9.85. The van der Waals surface area contributed by atoms with E-state index in [0.717, 1.165) is 44.0 Å². The van der Waals surface area contributed by atoms with E-state index < -0.39 is 12.1 Å². The van der Waals surface area contributed by atoms with Gasteiger partial charge in [-0.3, -0.25) is 9.69 Å². The normalized spacial score (nSPS) is 21.3. The first-order valence-corrected chi connectivity index (χ1v) is 11.1. The maximum atomic E-state index is 12.4. The highest BCUT2D eigenvalue weighted by molar-refractivity contribution is 7.10. The molecule has 0 saturated carbocycles. The lowest BCUT2D eigenvalue weighted by molar-refractivity contribution is -0.192. The van der Waals surface area contributed by atoms with Crippen molar-refractivity contribution in [2.75, 3.05) is 33.4 Å². The van der Waals surface area contributed by atoms with Crippen molar-refractivity contribution < 1.29 is 32.6 Å². The zero-order chi connectivity index (χ0) is 23.1. The highest BCUT2D eigenvalue weighted by Crippen LogP contribution is 2.40. The van der Waals surface area contributed by atoms with E-state index in [2.05, 4.69) is 18.9 Å². The van der Waals surface area contributed by atoms with Crippen LogP contribution in [0.5, 0.6) is 0 Å². The molecule has 1 aromatic heterocycles. The Balaban J connectivity index is 0.000000423. The molecule has 174 valence electrons. The predicted molar refractivity (Wildman–Crippen MR) is 113 cm³/mol. The number of aliphatic carboxylic acids is 1. The maximum absolute atomic E-state index is 12.4. The molecule has 10 heteroatoms. The molecule has 1 N–H and O–H groups in total. The number of carboxylic acids is 1. The van der Waals surface area contributed by atoms with Crippen molar-refractivity contribution >= 4 is 29.3 Å². The molecule has 1 aromatic rings. The van der Waals surface area contributed by atoms with Crippen LogP contribution in [-0.4, -0.2) is 77.9 Å². The number of alkyl halides is 3. The second-order valence-corrected chi connectivity index (χ2v) is 8.64. The fourth-order valence-electron chi connectivity index (χ4n) is 4.03. The number of ether oxygens (including phenoxy) is 1. The van der Waals surface area contributed by atoms with E-state index in [-0.39, 0.29) is 11.4 Å². The summed E-state index contributed by atoms with van der Waals surface area (Å²) in [6, 6.07) is 4.57. The van der Waals surface area contributed by atoms with Crippen molar-refractivity contribution in [1.82, 2.24) is 9.80 Å². The molecule has 1 atom stereocenters. The van der Waals surface area contributed by atoms with Crippen molar-refractivity contribution in [3.8, 4) is 0 Å². The van der Waals surface area contributed by atoms with E-state index in [1.807, 2.05) is 28.5 Å². The lowest BCUT2D eigenvalue weighted by Gasteiger charge is -2.44. The zero-order valence-electron chi connectivity index (χ0n) is 17.7. The number of halogens is 3. The van der Waals surface area contributed by atoms with Gasteiger partial charge >= 0.3 is 12.1 Å². The summed E-state index contributed by atoms with van der Waals surface area (Å²) < 4.78 is 37.4. The molecular weight excluding hydrogens is 433 g/mol. The Hall–Kier alpha value is -1.91. The van der Waals surface area contributed by atoms with Crippen LogP contribution in [0.1, 0.15) is 37.5 Å². The predicted octanol–water partition coefficient (Wildman–Crippen LogP) is 3.89. The lowest BCUT2D eigenvalue weighted by Crippen LogP contribution is -2.53. The van der Waals surface area contributed by atoms with E-state index in [1.165, 1.54) is 12.8 Å². The maximum Gasteiger partial charge on any atom is 0.490 e. The zero-order valence-corrected chi connectivity index (χ0v) is 18.5. The number of likely N-dealkylation sites (tertiary alicyclic amines) is 2. The Morgan fingerprint density at radius 2 is 1.97 bits per heavy atom. The third-order valence-corrected chi connectivity index (χ3v) is 6.77. The fraction of sp³-hybridized carbons (Fsp3) is 0.619. The third kappa shape index (κ3) is 7.05. The van der Waals surface area contributed by atoms with Crippen molar-refractivity contribution in [1.29, 1.82) is 0 Å². The molecule has 31 heavy (non-hydrogen) atoms. The minimum absolute atomic E-state index is 0.143. The minimum Gasteiger partial charge on any atom is -0.475 e. The quantitative estimate of drug-likeness (QED) is 0.673. The molecule has 0 aromatic carbocycles. The molecule has 0 aliphatic carbocycles. The summed E-state index contributed by atoms with van der Waals surface area (Å²) in [6.45, 7) is 5.40. The number of carbonyl (C=O) groups excluding carboxylic acids is 1. The third-order valence-electron chi connectivity index (χ3n) is 5.93. The van der Waals surface area contributed by atoms with Crippen molar-refractivity contribution in [2.45, 2.75) is 50.4 Å². The number of nitrogens with zero attached hydrogens (tertiary/aromatic N) is 2. The van der Waals surface area contributed by atoms with Crippen LogP contribution in [0.25, 0.3) is 6.08 Å². The molecule has 0 bridgehead atoms. The first-order chi connectivity index (χ1) is 14.6. The van der Waals surface area contributed by atoms with Gasteiger partial charge in [-0.2, -0.15) is 13.2 Å². The molecule has 3 heterocycles. The number of thiophene rings is 1. The van der Waals surface area contributed by atoms with Crippen LogP contribution in [-0.2, 0) is 14.3 Å². The van der Waals surface area contributed by atoms with Gasteiger partial charge in [0.1, 0.15) is 0 Å². The molecule has 2 aliphatic rings. The van der Waals surface area contributed by atoms with Crippen LogP contribution in [0.3, 0.4) is 0 Å². The van der Waals surface area contributed by atoms with Gasteiger partial charge in [-0.05, 0) is 57.2 Å². The van der Waals surface area contributed by atoms with Gasteiger partial charge in [0.05, 0.1) is 6.61 Å². The molecule has 1 spiro atoms. The van der Waals surface area contributed by atoms with Crippen LogP contribution in [0.4, 0.5) is 13.2 Å². The van der Waals surface area contributed by atoms with Crippen LogP contribution in [0.2, 0.25) is 0 Å². The highest BCUT2D eigenvalue weighted by Gasteiger charge is 2.46. The van der Waals surface area contributed by atoms with Gasteiger partial charge < -0.3 is 14.7 Å². The van der Waals surface area contributed by atoms with Crippen molar-refractivity contribution in [3.63, 3.8) is 0 Å². The number of rotatable bonds is 5. The van der Waals surface area contributed by atoms with Gasteiger partial charge in [0.15, 0.2) is 0 Å². The fourth-order valence-corrected chi connectivity index (χ4v) is 4.65. The van der Waals surface area contributed by atoms with Gasteiger partial charge in [-0.15, -0.1) is 11.3 Å². The van der Waals surface area contributed by atoms with Crippen molar-refractivity contribution in [2.24, 2.45) is 0 Å². The second-order valence-electron chi connectivity index (χ2n) is 7.66. The molecule has 1 amide bonds. The van der Waals surface area contributed by atoms with Gasteiger partial charge in [0, 0.05) is 42.2 Å². The van der Waals surface area contributed by atoms with Crippen LogP contribution >= 0.6 is 11.3 Å². The van der Waals surface area contributed by atoms with Crippen LogP contribution in [0, 0.1) is 0 Å². The molecular formula is C21H29F3N2O4S. The Kier molecular flexibility index (Phi) is 9.08. The summed E-state index contributed by atoms with van der Waals surface area (Å²) in [7, 11) is 2.24. The number of hydrogen-bond acceptors (Lipinski definition) is 5. The van der Waals surface area contributed by atoms with E-state index in [1.54, 1.807) is 17.4 Å². The summed E-state index contributed by atoms with van der Waals surface area (Å²) in [5.74, 6) is -2.61. The summed E-state index contributed by atoms with van der Waals surface area (Å²) >= 11 is 1.66. The van der Waals surface area contributed by atoms with Gasteiger partial charge in [-0.25, -0.2) is 4.79 Å². The van der Waals surface area contributed by atoms with E-state index in [0.29, 0.717) is 6.04 Å². The Bertz CT molecular complexity index is 744. The number of piperidine rings is 1. The summed E-state index contributed by atoms with van der Waals surface area (Å²) in [5.41, 5.74) is 0.274. The highest BCUT2D eigenvalue weighted by atomic mass is 32.1. The monoisotopic (exact) mass is 462 g/mol. The number of carboxylic acid groups (broad SMARTS) is 1. The topological polar surface area (TPSA) is 70.1 Å². The van der Waals surface area contributed by atoms with E-state index in [9.17, 15) is 18.0 Å². The van der Waals surface area contributed by atoms with Crippen LogP contribution < -0.4 is 0 Å². The SMILES string of the molecule is CCOCC1CCC2(CCN(C(=O)/C=C/c3cccs3)CC2)N1C.O=C(O)C(F)(F)F. The number of likely N-dealkylation sites (N-methyl/N-ethyl adjacent to an activating group) is 1. The Labute approximate surface area is 184 Å². The van der Waals surface area contributed by atoms with E-state index >= 15 is 0 Å². The molecule has 2 fully saturated rings. The molecule has 2 saturated heterocycles. The molecule has 6 nitrogen and oxygen atoms in total. The standard InChI is InChI=1S/C19H28N2O2S.C2HF3O2/c1-3-23-15-16-8-9-19(20(16)2)10-12-21(13-11-19)18(22)7-6-17-5-4-14-24-17;3-2(4,5)1(6)7/h4-7,14,16H,3,8-13,15H2,1-2H3;(H,6,7)/b7-6+;. The minimum atomic E-state index is -5.08. The second kappa shape index (κ2) is 11.1. The summed E-state index contributed by atoms with van der Waals surface area (Å²) in [6.07, 6.45) is 3.16. The number of hydrogen-bond donors (Lipinski definition) is 1. The Morgan fingerprint density at radius 1 is 1.32 bits per heavy atom. The first-order valence-electron chi connectivity index (χ1n) is 10.2. The largest absolute Gasteiger partial charge is 0.490 e. The average Bonchev–Trinajstić information content (AvgIpc) is 3.35. The molecule has 3 rings (SSSR count). The Morgan fingerprint density at radius 3 is 2.48 bits per heavy atom.